The van der Waals surface area contributed by atoms with Crippen LogP contribution >= 0.6 is 0 Å². The number of anilines is 1. The van der Waals surface area contributed by atoms with E-state index < -0.39 is 0 Å². The molecule has 1 aliphatic carbocycles. The van der Waals surface area contributed by atoms with Crippen molar-refractivity contribution < 1.29 is 9.59 Å². The van der Waals surface area contributed by atoms with Crippen LogP contribution < -0.4 is 11.1 Å². The number of fused-ring (bicyclic) bond motifs is 1. The van der Waals surface area contributed by atoms with Crippen LogP contribution in [0.25, 0.3) is 0 Å². The van der Waals surface area contributed by atoms with Crippen molar-refractivity contribution in [3.05, 3.63) is 95.3 Å². The molecule has 3 unspecified atom stereocenters. The van der Waals surface area contributed by atoms with E-state index in [9.17, 15) is 9.59 Å². The molecule has 1 aliphatic heterocycles. The summed E-state index contributed by atoms with van der Waals surface area (Å²) < 4.78 is 0. The zero-order valence-corrected chi connectivity index (χ0v) is 17.8. The molecule has 3 aromatic rings. The van der Waals surface area contributed by atoms with Crippen LogP contribution in [0.2, 0.25) is 0 Å². The second-order valence-corrected chi connectivity index (χ2v) is 8.53. The molecule has 6 nitrogen and oxygen atoms in total. The van der Waals surface area contributed by atoms with Crippen molar-refractivity contribution in [2.75, 3.05) is 11.9 Å². The maximum Gasteiger partial charge on any atom is 0.255 e. The van der Waals surface area contributed by atoms with Gasteiger partial charge in [0, 0.05) is 30.2 Å². The van der Waals surface area contributed by atoms with Gasteiger partial charge in [-0.2, -0.15) is 0 Å². The fourth-order valence-electron chi connectivity index (χ4n) is 4.84. The fraction of sp³-hybridized carbons (Fsp3) is 0.269. The van der Waals surface area contributed by atoms with Crippen molar-refractivity contribution in [2.24, 2.45) is 5.73 Å². The first kappa shape index (κ1) is 20.4. The Kier molecular flexibility index (Phi) is 5.45. The first-order valence-electron chi connectivity index (χ1n) is 11.1. The normalized spacial score (nSPS) is 20.2. The Bertz CT molecular complexity index is 1130. The molecular formula is C26H26N4O2. The van der Waals surface area contributed by atoms with Gasteiger partial charge in [0.25, 0.3) is 5.91 Å². The van der Waals surface area contributed by atoms with Crippen LogP contribution in [-0.2, 0) is 11.2 Å². The molecule has 162 valence electrons. The molecule has 0 spiro atoms. The average molecular weight is 427 g/mol. The number of nitrogens with one attached hydrogen (secondary N) is 1. The Hall–Kier alpha value is -3.51. The summed E-state index contributed by atoms with van der Waals surface area (Å²) in [6.07, 6.45) is 5.94. The molecule has 0 bridgehead atoms. The smallest absolute Gasteiger partial charge is 0.255 e. The van der Waals surface area contributed by atoms with Crippen LogP contribution in [-0.4, -0.2) is 34.3 Å². The first-order chi connectivity index (χ1) is 15.6. The van der Waals surface area contributed by atoms with Gasteiger partial charge in [-0.05, 0) is 60.2 Å². The third-order valence-corrected chi connectivity index (χ3v) is 6.65. The Morgan fingerprint density at radius 3 is 2.53 bits per heavy atom. The standard InChI is InChI=1S/C26H26N4O2/c27-24(17-7-9-18(10-8-17)25(31)29-20-11-13-28-14-12-20)23-6-3-15-30(23)26(32)22-16-19-4-1-2-5-21(19)22/h1-2,4-5,7-14,22-24H,3,6,15-16,27H2,(H,28,29,31). The minimum atomic E-state index is -0.283. The molecule has 3 atom stereocenters. The van der Waals surface area contributed by atoms with Gasteiger partial charge in [-0.3, -0.25) is 14.6 Å². The summed E-state index contributed by atoms with van der Waals surface area (Å²) in [6, 6.07) is 18.7. The van der Waals surface area contributed by atoms with Crippen molar-refractivity contribution in [2.45, 2.75) is 37.3 Å². The Morgan fingerprint density at radius 2 is 1.78 bits per heavy atom. The van der Waals surface area contributed by atoms with Crippen LogP contribution in [0, 0.1) is 0 Å². The van der Waals surface area contributed by atoms with Crippen LogP contribution in [0.15, 0.2) is 73.1 Å². The van der Waals surface area contributed by atoms with E-state index in [4.69, 9.17) is 5.73 Å². The van der Waals surface area contributed by atoms with Gasteiger partial charge in [-0.25, -0.2) is 0 Å². The summed E-state index contributed by atoms with van der Waals surface area (Å²) in [5, 5.41) is 2.85. The van der Waals surface area contributed by atoms with Crippen molar-refractivity contribution >= 4 is 17.5 Å². The van der Waals surface area contributed by atoms with Gasteiger partial charge in [0.1, 0.15) is 0 Å². The number of carbonyl (C=O) groups excluding carboxylic acids is 2. The van der Waals surface area contributed by atoms with Gasteiger partial charge in [-0.1, -0.05) is 36.4 Å². The van der Waals surface area contributed by atoms with Crippen molar-refractivity contribution in [3.63, 3.8) is 0 Å². The van der Waals surface area contributed by atoms with Crippen molar-refractivity contribution in [1.82, 2.24) is 9.88 Å². The summed E-state index contributed by atoms with van der Waals surface area (Å²) in [6.45, 7) is 0.752. The summed E-state index contributed by atoms with van der Waals surface area (Å²) in [4.78, 5) is 31.7. The van der Waals surface area contributed by atoms with Gasteiger partial charge < -0.3 is 16.0 Å². The van der Waals surface area contributed by atoms with Crippen LogP contribution in [0.5, 0.6) is 0 Å². The molecule has 1 aromatic heterocycles. The molecule has 2 amide bonds. The van der Waals surface area contributed by atoms with E-state index in [1.807, 2.05) is 29.2 Å². The van der Waals surface area contributed by atoms with Crippen LogP contribution in [0.1, 0.15) is 51.8 Å². The van der Waals surface area contributed by atoms with Gasteiger partial charge in [0.15, 0.2) is 0 Å². The highest BCUT2D eigenvalue weighted by molar-refractivity contribution is 6.04. The number of nitrogens with two attached hydrogens (primary N) is 1. The van der Waals surface area contributed by atoms with Crippen LogP contribution in [0.3, 0.4) is 0 Å². The fourth-order valence-corrected chi connectivity index (χ4v) is 4.84. The second kappa shape index (κ2) is 8.55. The molecule has 6 heteroatoms. The van der Waals surface area contributed by atoms with Crippen molar-refractivity contribution in [1.29, 1.82) is 0 Å². The molecule has 0 radical (unpaired) electrons. The predicted molar refractivity (Wildman–Crippen MR) is 123 cm³/mol. The van der Waals surface area contributed by atoms with Gasteiger partial charge in [0.2, 0.25) is 5.91 Å². The number of aromatic nitrogens is 1. The van der Waals surface area contributed by atoms with E-state index in [0.29, 0.717) is 11.3 Å². The highest BCUT2D eigenvalue weighted by Gasteiger charge is 2.40. The maximum absolute atomic E-state index is 13.3. The monoisotopic (exact) mass is 426 g/mol. The summed E-state index contributed by atoms with van der Waals surface area (Å²) in [5.41, 5.74) is 11.2. The molecule has 5 rings (SSSR count). The van der Waals surface area contributed by atoms with E-state index in [1.165, 1.54) is 5.56 Å². The number of hydrogen-bond acceptors (Lipinski definition) is 4. The number of hydrogen-bond donors (Lipinski definition) is 2. The minimum absolute atomic E-state index is 0.0215. The Labute approximate surface area is 187 Å². The molecule has 1 fully saturated rings. The summed E-state index contributed by atoms with van der Waals surface area (Å²) in [7, 11) is 0. The highest BCUT2D eigenvalue weighted by Crippen LogP contribution is 2.39. The van der Waals surface area contributed by atoms with E-state index in [2.05, 4.69) is 22.4 Å². The van der Waals surface area contributed by atoms with E-state index in [0.717, 1.165) is 36.9 Å². The lowest BCUT2D eigenvalue weighted by atomic mass is 9.76. The lowest BCUT2D eigenvalue weighted by Crippen LogP contribution is -2.46. The number of benzene rings is 2. The average Bonchev–Trinajstić information content (AvgIpc) is 3.30. The highest BCUT2D eigenvalue weighted by atomic mass is 16.2. The summed E-state index contributed by atoms with van der Waals surface area (Å²) in [5.74, 6) is -0.0362. The van der Waals surface area contributed by atoms with Gasteiger partial charge in [-0.15, -0.1) is 0 Å². The molecule has 3 N–H and O–H groups in total. The molecule has 2 aromatic carbocycles. The molecule has 2 heterocycles. The van der Waals surface area contributed by atoms with Gasteiger partial charge in [0.05, 0.1) is 18.0 Å². The molecule has 32 heavy (non-hydrogen) atoms. The largest absolute Gasteiger partial charge is 0.337 e. The third kappa shape index (κ3) is 3.78. The van der Waals surface area contributed by atoms with E-state index in [-0.39, 0.29) is 29.8 Å². The zero-order chi connectivity index (χ0) is 22.1. The summed E-state index contributed by atoms with van der Waals surface area (Å²) >= 11 is 0. The molecular weight excluding hydrogens is 400 g/mol. The number of pyridine rings is 1. The van der Waals surface area contributed by atoms with Crippen LogP contribution in [0.4, 0.5) is 5.69 Å². The number of rotatable bonds is 5. The number of carbonyl (C=O) groups is 2. The SMILES string of the molecule is NC(c1ccc(C(=O)Nc2ccncc2)cc1)C1CCCN1C(=O)C1Cc2ccccc21. The number of amides is 2. The molecule has 1 saturated heterocycles. The minimum Gasteiger partial charge on any atom is -0.337 e. The predicted octanol–water partition coefficient (Wildman–Crippen LogP) is 3.66. The molecule has 2 aliphatic rings. The maximum atomic E-state index is 13.3. The number of nitrogens with zero attached hydrogens (tertiary/aromatic N) is 2. The van der Waals surface area contributed by atoms with E-state index in [1.54, 1.807) is 36.7 Å². The quantitative estimate of drug-likeness (QED) is 0.652. The Morgan fingerprint density at radius 1 is 1.03 bits per heavy atom. The van der Waals surface area contributed by atoms with Gasteiger partial charge >= 0.3 is 0 Å². The lowest BCUT2D eigenvalue weighted by Gasteiger charge is -2.36. The first-order valence-corrected chi connectivity index (χ1v) is 11.1. The zero-order valence-electron chi connectivity index (χ0n) is 17.8. The molecule has 0 saturated carbocycles. The second-order valence-electron chi connectivity index (χ2n) is 8.53. The van der Waals surface area contributed by atoms with Crippen molar-refractivity contribution in [3.8, 4) is 0 Å². The lowest BCUT2D eigenvalue weighted by molar-refractivity contribution is -0.134. The third-order valence-electron chi connectivity index (χ3n) is 6.65. The Balaban J connectivity index is 1.27. The topological polar surface area (TPSA) is 88.3 Å². The van der Waals surface area contributed by atoms with E-state index >= 15 is 0 Å². The number of likely N-dealkylation sites (tertiary alicyclic amines) is 1.